The monoisotopic (exact) mass is 361 g/mol. The molecule has 1 saturated heterocycles. The lowest BCUT2D eigenvalue weighted by Gasteiger charge is -2.38. The van der Waals surface area contributed by atoms with Gasteiger partial charge in [0, 0.05) is 47.5 Å². The number of ether oxygens (including phenoxy) is 1. The standard InChI is InChI=1S/C13H20BrN3O2S/c1-2-19-13(18)17-5-3-16(4-6-17)11(8-15)12-7-10(14)9-20-12/h7,9,11H,2-6,8,15H2,1H3. The Bertz CT molecular complexity index is 447. The molecule has 0 bridgehead atoms. The van der Waals surface area contributed by atoms with Crippen molar-refractivity contribution in [3.05, 3.63) is 20.8 Å². The quantitative estimate of drug-likeness (QED) is 0.893. The van der Waals surface area contributed by atoms with E-state index in [1.54, 1.807) is 16.2 Å². The predicted molar refractivity (Wildman–Crippen MR) is 84.0 cm³/mol. The molecule has 1 aliphatic heterocycles. The van der Waals surface area contributed by atoms with Crippen LogP contribution in [0.2, 0.25) is 0 Å². The first-order valence-corrected chi connectivity index (χ1v) is 8.42. The summed E-state index contributed by atoms with van der Waals surface area (Å²) < 4.78 is 6.13. The van der Waals surface area contributed by atoms with Gasteiger partial charge in [-0.1, -0.05) is 0 Å². The van der Waals surface area contributed by atoms with E-state index in [1.807, 2.05) is 6.92 Å². The van der Waals surface area contributed by atoms with E-state index < -0.39 is 0 Å². The summed E-state index contributed by atoms with van der Waals surface area (Å²) in [6, 6.07) is 2.36. The Morgan fingerprint density at radius 2 is 2.20 bits per heavy atom. The lowest BCUT2D eigenvalue weighted by molar-refractivity contribution is 0.0676. The van der Waals surface area contributed by atoms with Crippen molar-refractivity contribution in [2.45, 2.75) is 13.0 Å². The van der Waals surface area contributed by atoms with Crippen LogP contribution >= 0.6 is 27.3 Å². The number of piperazine rings is 1. The fourth-order valence-electron chi connectivity index (χ4n) is 2.38. The number of thiophene rings is 1. The molecule has 7 heteroatoms. The van der Waals surface area contributed by atoms with Gasteiger partial charge in [0.1, 0.15) is 0 Å². The molecule has 0 aliphatic carbocycles. The van der Waals surface area contributed by atoms with Crippen LogP contribution in [-0.2, 0) is 4.74 Å². The van der Waals surface area contributed by atoms with Crippen molar-refractivity contribution in [2.75, 3.05) is 39.3 Å². The van der Waals surface area contributed by atoms with Crippen LogP contribution in [0.4, 0.5) is 4.79 Å². The highest BCUT2D eigenvalue weighted by atomic mass is 79.9. The van der Waals surface area contributed by atoms with Gasteiger partial charge in [-0.2, -0.15) is 0 Å². The minimum absolute atomic E-state index is 0.213. The van der Waals surface area contributed by atoms with Crippen molar-refractivity contribution in [3.63, 3.8) is 0 Å². The van der Waals surface area contributed by atoms with Crippen molar-refractivity contribution < 1.29 is 9.53 Å². The first kappa shape index (κ1) is 15.8. The zero-order valence-electron chi connectivity index (χ0n) is 11.5. The second-order valence-corrected chi connectivity index (χ2v) is 6.50. The Hall–Kier alpha value is -0.630. The van der Waals surface area contributed by atoms with Crippen LogP contribution in [0.3, 0.4) is 0 Å². The lowest BCUT2D eigenvalue weighted by atomic mass is 10.1. The number of hydrogen-bond donors (Lipinski definition) is 1. The Balaban J connectivity index is 1.93. The van der Waals surface area contributed by atoms with Crippen molar-refractivity contribution in [2.24, 2.45) is 5.73 Å². The third-order valence-corrected chi connectivity index (χ3v) is 5.22. The molecular weight excluding hydrogens is 342 g/mol. The van der Waals surface area contributed by atoms with Crippen molar-refractivity contribution in [1.29, 1.82) is 0 Å². The van der Waals surface area contributed by atoms with Crippen LogP contribution in [0.5, 0.6) is 0 Å². The van der Waals surface area contributed by atoms with Crippen LogP contribution in [0.25, 0.3) is 0 Å². The zero-order valence-corrected chi connectivity index (χ0v) is 14.0. The first-order valence-electron chi connectivity index (χ1n) is 6.75. The van der Waals surface area contributed by atoms with Crippen LogP contribution < -0.4 is 5.73 Å². The number of halogens is 1. The van der Waals surface area contributed by atoms with E-state index in [9.17, 15) is 4.79 Å². The summed E-state index contributed by atoms with van der Waals surface area (Å²) in [4.78, 5) is 17.0. The second kappa shape index (κ2) is 7.40. The summed E-state index contributed by atoms with van der Waals surface area (Å²) in [6.07, 6.45) is -0.213. The number of rotatable bonds is 4. The minimum Gasteiger partial charge on any atom is -0.450 e. The number of hydrogen-bond acceptors (Lipinski definition) is 5. The number of carbonyl (C=O) groups excluding carboxylic acids is 1. The van der Waals surface area contributed by atoms with Crippen LogP contribution in [-0.4, -0.2) is 55.2 Å². The molecule has 1 amide bonds. The third kappa shape index (κ3) is 3.72. The fraction of sp³-hybridized carbons (Fsp3) is 0.615. The number of nitrogens with two attached hydrogens (primary N) is 1. The van der Waals surface area contributed by atoms with E-state index in [2.05, 4.69) is 32.3 Å². The molecule has 1 atom stereocenters. The number of carbonyl (C=O) groups is 1. The lowest BCUT2D eigenvalue weighted by Crippen LogP contribution is -2.50. The summed E-state index contributed by atoms with van der Waals surface area (Å²) in [5.74, 6) is 0. The molecule has 1 aromatic heterocycles. The highest BCUT2D eigenvalue weighted by molar-refractivity contribution is 9.10. The SMILES string of the molecule is CCOC(=O)N1CCN(C(CN)c2cc(Br)cs2)CC1. The van der Waals surface area contributed by atoms with Gasteiger partial charge < -0.3 is 15.4 Å². The highest BCUT2D eigenvalue weighted by Crippen LogP contribution is 2.29. The predicted octanol–water partition coefficient (Wildman–Crippen LogP) is 2.28. The van der Waals surface area contributed by atoms with Gasteiger partial charge in [0.25, 0.3) is 0 Å². The largest absolute Gasteiger partial charge is 0.450 e. The van der Waals surface area contributed by atoms with Gasteiger partial charge in [0.2, 0.25) is 0 Å². The maximum absolute atomic E-state index is 11.7. The minimum atomic E-state index is -0.213. The van der Waals surface area contributed by atoms with Crippen molar-refractivity contribution >= 4 is 33.4 Å². The zero-order chi connectivity index (χ0) is 14.5. The van der Waals surface area contributed by atoms with Gasteiger partial charge in [-0.25, -0.2) is 4.79 Å². The van der Waals surface area contributed by atoms with Crippen LogP contribution in [0.1, 0.15) is 17.8 Å². The normalized spacial score (nSPS) is 18.1. The third-order valence-electron chi connectivity index (χ3n) is 3.42. The summed E-state index contributed by atoms with van der Waals surface area (Å²) in [7, 11) is 0. The maximum Gasteiger partial charge on any atom is 0.409 e. The van der Waals surface area contributed by atoms with Gasteiger partial charge in [-0.05, 0) is 28.9 Å². The van der Waals surface area contributed by atoms with Crippen molar-refractivity contribution in [3.8, 4) is 0 Å². The summed E-state index contributed by atoms with van der Waals surface area (Å²) >= 11 is 5.20. The Morgan fingerprint density at radius 1 is 1.50 bits per heavy atom. The smallest absolute Gasteiger partial charge is 0.409 e. The Labute approximate surface area is 131 Å². The van der Waals surface area contributed by atoms with Gasteiger partial charge in [-0.3, -0.25) is 4.90 Å². The molecule has 1 fully saturated rings. The molecule has 0 saturated carbocycles. The van der Waals surface area contributed by atoms with E-state index in [0.29, 0.717) is 26.2 Å². The van der Waals surface area contributed by atoms with Gasteiger partial charge in [0.05, 0.1) is 12.6 Å². The molecule has 1 aromatic rings. The molecule has 1 unspecified atom stereocenters. The molecule has 0 radical (unpaired) electrons. The second-order valence-electron chi connectivity index (χ2n) is 4.64. The van der Waals surface area contributed by atoms with E-state index in [1.165, 1.54) is 4.88 Å². The summed E-state index contributed by atoms with van der Waals surface area (Å²) in [5, 5.41) is 2.08. The molecule has 0 aromatic carbocycles. The number of amides is 1. The van der Waals surface area contributed by atoms with Gasteiger partial charge >= 0.3 is 6.09 Å². The average Bonchev–Trinajstić information content (AvgIpc) is 2.87. The molecule has 2 heterocycles. The van der Waals surface area contributed by atoms with Crippen LogP contribution in [0.15, 0.2) is 15.9 Å². The van der Waals surface area contributed by atoms with Gasteiger partial charge in [0.15, 0.2) is 0 Å². The van der Waals surface area contributed by atoms with E-state index in [0.717, 1.165) is 17.6 Å². The maximum atomic E-state index is 11.7. The summed E-state index contributed by atoms with van der Waals surface area (Å²) in [5.41, 5.74) is 5.93. The molecule has 112 valence electrons. The average molecular weight is 362 g/mol. The van der Waals surface area contributed by atoms with Crippen molar-refractivity contribution in [1.82, 2.24) is 9.80 Å². The van der Waals surface area contributed by atoms with Crippen LogP contribution in [0, 0.1) is 0 Å². The topological polar surface area (TPSA) is 58.8 Å². The number of nitrogens with zero attached hydrogens (tertiary/aromatic N) is 2. The highest BCUT2D eigenvalue weighted by Gasteiger charge is 2.27. The molecule has 5 nitrogen and oxygen atoms in total. The fourth-order valence-corrected chi connectivity index (χ4v) is 3.97. The van der Waals surface area contributed by atoms with E-state index in [4.69, 9.17) is 10.5 Å². The van der Waals surface area contributed by atoms with Gasteiger partial charge in [-0.15, -0.1) is 11.3 Å². The Morgan fingerprint density at radius 3 is 2.70 bits per heavy atom. The molecule has 2 N–H and O–H groups in total. The summed E-state index contributed by atoms with van der Waals surface area (Å²) in [6.45, 7) is 5.89. The Kier molecular flexibility index (Phi) is 5.83. The molecule has 1 aliphatic rings. The van der Waals surface area contributed by atoms with E-state index in [-0.39, 0.29) is 12.1 Å². The molecule has 0 spiro atoms. The molecular formula is C13H20BrN3O2S. The molecule has 20 heavy (non-hydrogen) atoms. The van der Waals surface area contributed by atoms with E-state index >= 15 is 0 Å². The first-order chi connectivity index (χ1) is 9.65. The molecule has 2 rings (SSSR count).